The molecular formula is C16H18O6. The van der Waals surface area contributed by atoms with E-state index in [1.165, 1.54) is 0 Å². The molecule has 0 radical (unpaired) electrons. The number of esters is 2. The summed E-state index contributed by atoms with van der Waals surface area (Å²) in [4.78, 5) is 23.8. The monoisotopic (exact) mass is 306 g/mol. The van der Waals surface area contributed by atoms with Crippen LogP contribution in [0.15, 0.2) is 22.7 Å². The summed E-state index contributed by atoms with van der Waals surface area (Å²) < 4.78 is 21.0. The van der Waals surface area contributed by atoms with E-state index in [9.17, 15) is 9.59 Å². The molecule has 4 aliphatic rings. The average Bonchev–Trinajstić information content (AvgIpc) is 3.42. The molecule has 0 aromatic carbocycles. The number of ether oxygens (including phenoxy) is 4. The maximum Gasteiger partial charge on any atom is 0.337 e. The molecule has 0 bridgehead atoms. The van der Waals surface area contributed by atoms with Gasteiger partial charge in [0.05, 0.1) is 11.1 Å². The van der Waals surface area contributed by atoms with Crippen molar-refractivity contribution in [3.63, 3.8) is 0 Å². The zero-order chi connectivity index (χ0) is 15.1. The number of hydrogen-bond donors (Lipinski definition) is 0. The lowest BCUT2D eigenvalue weighted by molar-refractivity contribution is -0.147. The van der Waals surface area contributed by atoms with Gasteiger partial charge in [-0.1, -0.05) is 0 Å². The fourth-order valence-electron chi connectivity index (χ4n) is 3.17. The highest BCUT2D eigenvalue weighted by atomic mass is 16.6. The molecule has 2 fully saturated rings. The highest BCUT2D eigenvalue weighted by Crippen LogP contribution is 2.41. The molecule has 2 saturated heterocycles. The minimum Gasteiger partial charge on any atom is -0.482 e. The standard InChI is InChI=1S/C16H18O6/c17-15(9-3-1-5-11-13(9)21-11)19-7-8-20-16(18)10-4-2-6-12-14(10)22-12/h11-12H,1-8H2. The van der Waals surface area contributed by atoms with Crippen molar-refractivity contribution in [3.05, 3.63) is 22.7 Å². The summed E-state index contributed by atoms with van der Waals surface area (Å²) in [6, 6.07) is 0. The van der Waals surface area contributed by atoms with E-state index in [0.717, 1.165) is 37.2 Å². The van der Waals surface area contributed by atoms with Gasteiger partial charge in [0.15, 0.2) is 12.2 Å². The number of epoxide rings is 2. The van der Waals surface area contributed by atoms with Crippen LogP contribution in [0, 0.1) is 0 Å². The Morgan fingerprint density at radius 1 is 0.864 bits per heavy atom. The van der Waals surface area contributed by atoms with Crippen LogP contribution in [0.5, 0.6) is 0 Å². The normalized spacial score (nSPS) is 28.0. The summed E-state index contributed by atoms with van der Waals surface area (Å²) in [5.41, 5.74) is 1.29. The van der Waals surface area contributed by atoms with E-state index in [2.05, 4.69) is 0 Å². The minimum atomic E-state index is -0.349. The van der Waals surface area contributed by atoms with Gasteiger partial charge in [-0.2, -0.15) is 0 Å². The zero-order valence-corrected chi connectivity index (χ0v) is 12.3. The van der Waals surface area contributed by atoms with Gasteiger partial charge in [-0.15, -0.1) is 0 Å². The predicted molar refractivity (Wildman–Crippen MR) is 73.4 cm³/mol. The van der Waals surface area contributed by atoms with Crippen LogP contribution < -0.4 is 0 Å². The molecule has 0 aromatic heterocycles. The Bertz CT molecular complexity index is 535. The molecule has 118 valence electrons. The summed E-state index contributed by atoms with van der Waals surface area (Å²) >= 11 is 0. The smallest absolute Gasteiger partial charge is 0.337 e. The highest BCUT2D eigenvalue weighted by Gasteiger charge is 2.42. The topological polar surface area (TPSA) is 77.7 Å². The van der Waals surface area contributed by atoms with Crippen molar-refractivity contribution in [3.8, 4) is 0 Å². The lowest BCUT2D eigenvalue weighted by atomic mass is 10.00. The van der Waals surface area contributed by atoms with E-state index >= 15 is 0 Å². The fourth-order valence-corrected chi connectivity index (χ4v) is 3.17. The molecule has 2 atom stereocenters. The molecule has 6 nitrogen and oxygen atoms in total. The number of fused-ring (bicyclic) bond motifs is 2. The number of hydrogen-bond acceptors (Lipinski definition) is 6. The number of carbonyl (C=O) groups is 2. The quantitative estimate of drug-likeness (QED) is 0.437. The molecule has 2 aliphatic carbocycles. The Morgan fingerprint density at radius 2 is 1.32 bits per heavy atom. The first-order chi connectivity index (χ1) is 10.7. The van der Waals surface area contributed by atoms with Gasteiger partial charge in [-0.3, -0.25) is 0 Å². The average molecular weight is 306 g/mol. The predicted octanol–water partition coefficient (Wildman–Crippen LogP) is 1.75. The van der Waals surface area contributed by atoms with E-state index in [0.29, 0.717) is 24.0 Å². The van der Waals surface area contributed by atoms with Crippen LogP contribution in [0.25, 0.3) is 0 Å². The van der Waals surface area contributed by atoms with Crippen molar-refractivity contribution < 1.29 is 28.5 Å². The molecule has 6 heteroatoms. The Balaban J connectivity index is 1.21. The molecule has 0 amide bonds. The molecule has 2 heterocycles. The lowest BCUT2D eigenvalue weighted by Crippen LogP contribution is -2.18. The Kier molecular flexibility index (Phi) is 3.32. The van der Waals surface area contributed by atoms with Gasteiger partial charge in [0.1, 0.15) is 24.7 Å². The Hall–Kier alpha value is -1.98. The summed E-state index contributed by atoms with van der Waals surface area (Å²) in [5, 5.41) is 0. The summed E-state index contributed by atoms with van der Waals surface area (Å²) in [6.45, 7) is 0.137. The molecule has 0 N–H and O–H groups in total. The minimum absolute atomic E-state index is 0.0684. The van der Waals surface area contributed by atoms with E-state index in [1.54, 1.807) is 0 Å². The van der Waals surface area contributed by atoms with Crippen LogP contribution in [0.1, 0.15) is 38.5 Å². The SMILES string of the molecule is O=C(OCCOC(=O)C1=C2OC2CCC1)C1=C2OC2CCC1. The van der Waals surface area contributed by atoms with Crippen molar-refractivity contribution >= 4 is 11.9 Å². The summed E-state index contributed by atoms with van der Waals surface area (Å²) in [5.74, 6) is 0.885. The second kappa shape index (κ2) is 5.34. The molecule has 4 rings (SSSR count). The maximum atomic E-state index is 11.9. The summed E-state index contributed by atoms with van der Waals surface area (Å²) in [7, 11) is 0. The van der Waals surface area contributed by atoms with Gasteiger partial charge in [-0.25, -0.2) is 9.59 Å². The molecule has 0 aromatic rings. The van der Waals surface area contributed by atoms with Gasteiger partial charge < -0.3 is 18.9 Å². The number of rotatable bonds is 5. The largest absolute Gasteiger partial charge is 0.482 e. The van der Waals surface area contributed by atoms with Crippen molar-refractivity contribution in [1.82, 2.24) is 0 Å². The van der Waals surface area contributed by atoms with Crippen molar-refractivity contribution in [2.45, 2.75) is 50.7 Å². The van der Waals surface area contributed by atoms with E-state index in [1.807, 2.05) is 0 Å². The van der Waals surface area contributed by atoms with Crippen molar-refractivity contribution in [2.75, 3.05) is 13.2 Å². The maximum absolute atomic E-state index is 11.9. The van der Waals surface area contributed by atoms with Gasteiger partial charge in [0, 0.05) is 0 Å². The Labute approximate surface area is 128 Å². The lowest BCUT2D eigenvalue weighted by Gasteiger charge is -2.10. The van der Waals surface area contributed by atoms with Crippen LogP contribution in [0.2, 0.25) is 0 Å². The molecule has 0 spiro atoms. The molecular weight excluding hydrogens is 288 g/mol. The first-order valence-electron chi connectivity index (χ1n) is 7.87. The number of carbonyl (C=O) groups excluding carboxylic acids is 2. The van der Waals surface area contributed by atoms with Crippen molar-refractivity contribution in [1.29, 1.82) is 0 Å². The fraction of sp³-hybridized carbons (Fsp3) is 0.625. The highest BCUT2D eigenvalue weighted by molar-refractivity contribution is 5.90. The van der Waals surface area contributed by atoms with Crippen LogP contribution in [-0.2, 0) is 28.5 Å². The third-order valence-electron chi connectivity index (χ3n) is 4.43. The molecule has 2 unspecified atom stereocenters. The van der Waals surface area contributed by atoms with E-state index in [-0.39, 0.29) is 37.4 Å². The van der Waals surface area contributed by atoms with Gasteiger partial charge in [0.25, 0.3) is 0 Å². The molecule has 2 aliphatic heterocycles. The second-order valence-corrected chi connectivity index (χ2v) is 5.95. The van der Waals surface area contributed by atoms with Gasteiger partial charge in [-0.05, 0) is 38.5 Å². The molecule has 22 heavy (non-hydrogen) atoms. The first kappa shape index (κ1) is 13.7. The van der Waals surface area contributed by atoms with E-state index in [4.69, 9.17) is 18.9 Å². The van der Waals surface area contributed by atoms with Gasteiger partial charge in [0.2, 0.25) is 0 Å². The van der Waals surface area contributed by atoms with Crippen molar-refractivity contribution in [2.24, 2.45) is 0 Å². The first-order valence-corrected chi connectivity index (χ1v) is 7.87. The van der Waals surface area contributed by atoms with Gasteiger partial charge >= 0.3 is 11.9 Å². The third-order valence-corrected chi connectivity index (χ3v) is 4.43. The van der Waals surface area contributed by atoms with Crippen LogP contribution in [0.3, 0.4) is 0 Å². The summed E-state index contributed by atoms with van der Waals surface area (Å²) in [6.07, 6.45) is 5.57. The Morgan fingerprint density at radius 3 is 1.77 bits per heavy atom. The molecule has 0 saturated carbocycles. The van der Waals surface area contributed by atoms with Crippen LogP contribution in [0.4, 0.5) is 0 Å². The zero-order valence-electron chi connectivity index (χ0n) is 12.3. The van der Waals surface area contributed by atoms with Crippen LogP contribution >= 0.6 is 0 Å². The van der Waals surface area contributed by atoms with E-state index < -0.39 is 0 Å². The second-order valence-electron chi connectivity index (χ2n) is 5.95. The third kappa shape index (κ3) is 2.58. The van der Waals surface area contributed by atoms with Crippen LogP contribution in [-0.4, -0.2) is 37.4 Å².